The quantitative estimate of drug-likeness (QED) is 0.860. The maximum atomic E-state index is 6.10. The molecule has 1 atom stereocenters. The summed E-state index contributed by atoms with van der Waals surface area (Å²) in [6.45, 7) is 10.9. The molecule has 1 fully saturated rings. The van der Waals surface area contributed by atoms with E-state index in [1.807, 2.05) is 0 Å². The highest BCUT2D eigenvalue weighted by molar-refractivity contribution is 6.32. The second-order valence-corrected chi connectivity index (χ2v) is 5.66. The van der Waals surface area contributed by atoms with Crippen LogP contribution in [-0.2, 0) is 0 Å². The van der Waals surface area contributed by atoms with E-state index in [1.54, 1.807) is 13.3 Å². The lowest BCUT2D eigenvalue weighted by Gasteiger charge is -2.37. The van der Waals surface area contributed by atoms with Crippen molar-refractivity contribution in [2.24, 2.45) is 0 Å². The molecule has 1 aromatic rings. The molecule has 21 heavy (non-hydrogen) atoms. The lowest BCUT2D eigenvalue weighted by Crippen LogP contribution is -2.51. The van der Waals surface area contributed by atoms with E-state index in [0.717, 1.165) is 39.3 Å². The van der Waals surface area contributed by atoms with Crippen molar-refractivity contribution in [1.82, 2.24) is 19.8 Å². The van der Waals surface area contributed by atoms with Crippen LogP contribution in [0.5, 0.6) is 6.01 Å². The predicted octanol–water partition coefficient (Wildman–Crippen LogP) is 1.58. The van der Waals surface area contributed by atoms with Gasteiger partial charge in [0.2, 0.25) is 0 Å². The van der Waals surface area contributed by atoms with Gasteiger partial charge in [-0.25, -0.2) is 4.98 Å². The second-order valence-electron chi connectivity index (χ2n) is 5.25. The number of nitrogens with one attached hydrogen (secondary N) is 1. The smallest absolute Gasteiger partial charge is 0.318 e. The molecule has 0 amide bonds. The van der Waals surface area contributed by atoms with Gasteiger partial charge in [-0.15, -0.1) is 0 Å². The Bertz CT molecular complexity index is 451. The summed E-state index contributed by atoms with van der Waals surface area (Å²) in [5, 5.41) is 3.80. The zero-order chi connectivity index (χ0) is 15.2. The first-order chi connectivity index (χ1) is 10.1. The topological polar surface area (TPSA) is 53.5 Å². The number of aromatic nitrogens is 2. The van der Waals surface area contributed by atoms with Crippen LogP contribution in [0.15, 0.2) is 6.20 Å². The molecule has 0 bridgehead atoms. The highest BCUT2D eigenvalue weighted by Crippen LogP contribution is 2.20. The molecule has 0 spiro atoms. The molecule has 2 heterocycles. The molecule has 7 heteroatoms. The third-order valence-corrected chi connectivity index (χ3v) is 4.22. The summed E-state index contributed by atoms with van der Waals surface area (Å²) < 4.78 is 5.02. The monoisotopic (exact) mass is 313 g/mol. The number of halogens is 1. The highest BCUT2D eigenvalue weighted by Gasteiger charge is 2.20. The summed E-state index contributed by atoms with van der Waals surface area (Å²) in [6, 6.07) is 0.757. The summed E-state index contributed by atoms with van der Waals surface area (Å²) in [6.07, 6.45) is 1.56. The molecule has 0 aliphatic carbocycles. The summed E-state index contributed by atoms with van der Waals surface area (Å²) in [5.41, 5.74) is 0. The van der Waals surface area contributed by atoms with Crippen LogP contribution in [0.3, 0.4) is 0 Å². The first-order valence-corrected chi connectivity index (χ1v) is 7.78. The van der Waals surface area contributed by atoms with Crippen molar-refractivity contribution >= 4 is 17.4 Å². The number of rotatable bonds is 6. The number of hydrogen-bond acceptors (Lipinski definition) is 6. The SMILES string of the molecule is CCN1CCN(C(C)CNc2nc(OC)ncc2Cl)CC1. The fraction of sp³-hybridized carbons (Fsp3) is 0.714. The van der Waals surface area contributed by atoms with E-state index in [2.05, 4.69) is 38.9 Å². The highest BCUT2D eigenvalue weighted by atomic mass is 35.5. The Kier molecular flexibility index (Phi) is 6.02. The first-order valence-electron chi connectivity index (χ1n) is 7.40. The van der Waals surface area contributed by atoms with Gasteiger partial charge in [-0.05, 0) is 13.5 Å². The molecule has 0 radical (unpaired) electrons. The van der Waals surface area contributed by atoms with Crippen LogP contribution in [0.25, 0.3) is 0 Å². The van der Waals surface area contributed by atoms with Crippen molar-refractivity contribution < 1.29 is 4.74 Å². The fourth-order valence-electron chi connectivity index (χ4n) is 2.47. The Labute approximate surface area is 131 Å². The molecule has 118 valence electrons. The van der Waals surface area contributed by atoms with Gasteiger partial charge in [0, 0.05) is 38.8 Å². The average molecular weight is 314 g/mol. The summed E-state index contributed by atoms with van der Waals surface area (Å²) in [7, 11) is 1.54. The molecular weight excluding hydrogens is 290 g/mol. The largest absolute Gasteiger partial charge is 0.467 e. The van der Waals surface area contributed by atoms with E-state index < -0.39 is 0 Å². The summed E-state index contributed by atoms with van der Waals surface area (Å²) in [4.78, 5) is 13.2. The molecule has 1 aliphatic heterocycles. The number of hydrogen-bond donors (Lipinski definition) is 1. The third-order valence-electron chi connectivity index (χ3n) is 3.95. The van der Waals surface area contributed by atoms with Crippen LogP contribution in [0, 0.1) is 0 Å². The van der Waals surface area contributed by atoms with Crippen LogP contribution in [0.4, 0.5) is 5.82 Å². The van der Waals surface area contributed by atoms with Gasteiger partial charge in [-0.3, -0.25) is 4.90 Å². The molecule has 1 aromatic heterocycles. The Hall–Kier alpha value is -1.11. The standard InChI is InChI=1S/C14H24ClN5O/c1-4-19-5-7-20(8-6-19)11(2)9-16-13-12(15)10-17-14(18-13)21-3/h10-11H,4-9H2,1-3H3,(H,16,17,18). The fourth-order valence-corrected chi connectivity index (χ4v) is 2.62. The van der Waals surface area contributed by atoms with Gasteiger partial charge in [0.1, 0.15) is 5.02 Å². The van der Waals surface area contributed by atoms with Crippen LogP contribution >= 0.6 is 11.6 Å². The molecule has 0 aromatic carbocycles. The average Bonchev–Trinajstić information content (AvgIpc) is 2.54. The van der Waals surface area contributed by atoms with Crippen LogP contribution in [0.1, 0.15) is 13.8 Å². The van der Waals surface area contributed by atoms with E-state index in [1.165, 1.54) is 0 Å². The van der Waals surface area contributed by atoms with E-state index in [0.29, 0.717) is 22.9 Å². The number of ether oxygens (including phenoxy) is 1. The normalized spacial score (nSPS) is 18.5. The molecular formula is C14H24ClN5O. The minimum absolute atomic E-state index is 0.325. The Balaban J connectivity index is 1.85. The van der Waals surface area contributed by atoms with Gasteiger partial charge in [0.15, 0.2) is 5.82 Å². The maximum absolute atomic E-state index is 6.10. The maximum Gasteiger partial charge on any atom is 0.318 e. The van der Waals surface area contributed by atoms with Gasteiger partial charge >= 0.3 is 6.01 Å². The van der Waals surface area contributed by atoms with Crippen molar-refractivity contribution in [3.63, 3.8) is 0 Å². The van der Waals surface area contributed by atoms with Crippen molar-refractivity contribution in [2.75, 3.05) is 51.7 Å². The van der Waals surface area contributed by atoms with Crippen molar-refractivity contribution in [3.05, 3.63) is 11.2 Å². The number of anilines is 1. The van der Waals surface area contributed by atoms with E-state index in [4.69, 9.17) is 16.3 Å². The minimum Gasteiger partial charge on any atom is -0.467 e. The summed E-state index contributed by atoms with van der Waals surface area (Å²) >= 11 is 6.10. The van der Waals surface area contributed by atoms with Crippen LogP contribution in [0.2, 0.25) is 5.02 Å². The van der Waals surface area contributed by atoms with E-state index >= 15 is 0 Å². The number of methoxy groups -OCH3 is 1. The Morgan fingerprint density at radius 1 is 1.38 bits per heavy atom. The van der Waals surface area contributed by atoms with Gasteiger partial charge in [0.05, 0.1) is 13.3 Å². The van der Waals surface area contributed by atoms with E-state index in [-0.39, 0.29) is 0 Å². The lowest BCUT2D eigenvalue weighted by atomic mass is 10.2. The first kappa shape index (κ1) is 16.3. The van der Waals surface area contributed by atoms with E-state index in [9.17, 15) is 0 Å². The zero-order valence-corrected chi connectivity index (χ0v) is 13.7. The van der Waals surface area contributed by atoms with Gasteiger partial charge in [0.25, 0.3) is 0 Å². The van der Waals surface area contributed by atoms with Crippen molar-refractivity contribution in [3.8, 4) is 6.01 Å². The Morgan fingerprint density at radius 3 is 2.71 bits per heavy atom. The molecule has 2 rings (SSSR count). The molecule has 1 aliphatic rings. The molecule has 1 saturated heterocycles. The lowest BCUT2D eigenvalue weighted by molar-refractivity contribution is 0.110. The molecule has 0 saturated carbocycles. The summed E-state index contributed by atoms with van der Waals surface area (Å²) in [5.74, 6) is 0.627. The molecule has 1 unspecified atom stereocenters. The molecule has 6 nitrogen and oxygen atoms in total. The minimum atomic E-state index is 0.325. The third kappa shape index (κ3) is 4.43. The van der Waals surface area contributed by atoms with Gasteiger partial charge < -0.3 is 15.0 Å². The zero-order valence-electron chi connectivity index (χ0n) is 13.0. The predicted molar refractivity (Wildman–Crippen MR) is 85.2 cm³/mol. The van der Waals surface area contributed by atoms with Crippen LogP contribution in [-0.4, -0.2) is 72.2 Å². The molecule has 1 N–H and O–H groups in total. The van der Waals surface area contributed by atoms with Gasteiger partial charge in [-0.2, -0.15) is 4.98 Å². The van der Waals surface area contributed by atoms with Crippen molar-refractivity contribution in [1.29, 1.82) is 0 Å². The number of piperazine rings is 1. The van der Waals surface area contributed by atoms with Crippen LogP contribution < -0.4 is 10.1 Å². The number of nitrogens with zero attached hydrogens (tertiary/aromatic N) is 4. The Morgan fingerprint density at radius 2 is 2.10 bits per heavy atom. The number of likely N-dealkylation sites (N-methyl/N-ethyl adjacent to an activating group) is 1. The second kappa shape index (κ2) is 7.77. The van der Waals surface area contributed by atoms with Gasteiger partial charge in [-0.1, -0.05) is 18.5 Å². The van der Waals surface area contributed by atoms with Crippen molar-refractivity contribution in [2.45, 2.75) is 19.9 Å².